The molecule has 0 saturated heterocycles. The third-order valence-electron chi connectivity index (χ3n) is 5.75. The average Bonchev–Trinajstić information content (AvgIpc) is 2.57. The fraction of sp³-hybridized carbons (Fsp3) is 0.571. The lowest BCUT2D eigenvalue weighted by Crippen LogP contribution is -2.19. The Balaban J connectivity index is 2.72. The van der Waals surface area contributed by atoms with Gasteiger partial charge in [-0.2, -0.15) is 0 Å². The van der Waals surface area contributed by atoms with Crippen molar-refractivity contribution in [3.8, 4) is 0 Å². The first-order chi connectivity index (χ1) is 13.3. The summed E-state index contributed by atoms with van der Waals surface area (Å²) in [6, 6.07) is 14.2. The summed E-state index contributed by atoms with van der Waals surface area (Å²) in [5.74, 6) is 0. The van der Waals surface area contributed by atoms with E-state index in [9.17, 15) is 0 Å². The first-order valence-corrected chi connectivity index (χ1v) is 12.0. The molecule has 0 unspecified atom stereocenters. The molecule has 0 atom stereocenters. The Labute approximate surface area is 200 Å². The maximum atomic E-state index is 2.49. The van der Waals surface area contributed by atoms with E-state index in [2.05, 4.69) is 145 Å². The van der Waals surface area contributed by atoms with Gasteiger partial charge in [0, 0.05) is 0 Å². The van der Waals surface area contributed by atoms with E-state index in [1.54, 1.807) is 0 Å². The molecule has 0 spiro atoms. The predicted octanol–water partition coefficient (Wildman–Crippen LogP) is 9.36. The van der Waals surface area contributed by atoms with Crippen molar-refractivity contribution in [2.45, 2.75) is 105 Å². The molecule has 0 N–H and O–H groups in total. The highest BCUT2D eigenvalue weighted by Crippen LogP contribution is 2.40. The molecular formula is C28H42IN. The molecular weight excluding hydrogens is 477 g/mol. The van der Waals surface area contributed by atoms with E-state index < -0.39 is 0 Å². The minimum absolute atomic E-state index is 0.108. The smallest absolute Gasteiger partial charge is 0.0646 e. The number of hydrogen-bond donors (Lipinski definition) is 0. The molecule has 2 heteroatoms. The highest BCUT2D eigenvalue weighted by Gasteiger charge is 2.25. The summed E-state index contributed by atoms with van der Waals surface area (Å²) in [7, 11) is 0. The van der Waals surface area contributed by atoms with E-state index >= 15 is 0 Å². The van der Waals surface area contributed by atoms with Crippen LogP contribution in [0.4, 0.5) is 11.4 Å². The van der Waals surface area contributed by atoms with Gasteiger partial charge in [0.15, 0.2) is 0 Å². The molecule has 2 rings (SSSR count). The first kappa shape index (κ1) is 25.2. The lowest BCUT2D eigenvalue weighted by Gasteiger charge is -2.30. The van der Waals surface area contributed by atoms with Gasteiger partial charge in [0.25, 0.3) is 0 Å². The highest BCUT2D eigenvalue weighted by molar-refractivity contribution is 14.1. The molecule has 2 aromatic carbocycles. The zero-order valence-electron chi connectivity index (χ0n) is 21.3. The summed E-state index contributed by atoms with van der Waals surface area (Å²) < 4.78 is 2.34. The molecule has 0 aliphatic rings. The third-order valence-corrected chi connectivity index (χ3v) is 6.87. The van der Waals surface area contributed by atoms with Gasteiger partial charge in [-0.15, -0.1) is 0 Å². The van der Waals surface area contributed by atoms with Crippen LogP contribution in [0, 0.1) is 0 Å². The second kappa shape index (κ2) is 8.15. The molecule has 0 amide bonds. The zero-order valence-corrected chi connectivity index (χ0v) is 23.4. The SMILES string of the molecule is CC(C)(C)c1cc(N(I)c2cc(C(C)(C)C)cc(C(C)(C)C)c2)cc(C(C)(C)C)c1. The Kier molecular flexibility index (Phi) is 6.85. The predicted molar refractivity (Wildman–Crippen MR) is 144 cm³/mol. The normalized spacial score (nSPS) is 13.5. The number of anilines is 2. The van der Waals surface area contributed by atoms with Gasteiger partial charge in [0.1, 0.15) is 0 Å². The molecule has 0 aliphatic carbocycles. The van der Waals surface area contributed by atoms with Crippen LogP contribution in [0.25, 0.3) is 0 Å². The van der Waals surface area contributed by atoms with E-state index in [1.807, 2.05) is 0 Å². The van der Waals surface area contributed by atoms with Crippen LogP contribution < -0.4 is 3.11 Å². The van der Waals surface area contributed by atoms with Gasteiger partial charge in [-0.25, -0.2) is 0 Å². The van der Waals surface area contributed by atoms with E-state index in [4.69, 9.17) is 0 Å². The molecule has 2 aromatic rings. The Morgan fingerprint density at radius 3 is 0.800 bits per heavy atom. The van der Waals surface area contributed by atoms with E-state index in [0.29, 0.717) is 0 Å². The van der Waals surface area contributed by atoms with Crippen molar-refractivity contribution in [2.75, 3.05) is 3.11 Å². The van der Waals surface area contributed by atoms with Crippen molar-refractivity contribution in [3.63, 3.8) is 0 Å². The first-order valence-electron chi connectivity index (χ1n) is 11.1. The lowest BCUT2D eigenvalue weighted by atomic mass is 9.80. The molecule has 0 aliphatic heterocycles. The summed E-state index contributed by atoms with van der Waals surface area (Å²) in [5.41, 5.74) is 8.47. The van der Waals surface area contributed by atoms with Crippen LogP contribution in [-0.2, 0) is 21.7 Å². The fourth-order valence-electron chi connectivity index (χ4n) is 3.33. The Morgan fingerprint density at radius 1 is 0.433 bits per heavy atom. The number of rotatable bonds is 2. The molecule has 0 aromatic heterocycles. The monoisotopic (exact) mass is 519 g/mol. The molecule has 0 saturated carbocycles. The van der Waals surface area contributed by atoms with E-state index in [-0.39, 0.29) is 21.7 Å². The van der Waals surface area contributed by atoms with Crippen molar-refractivity contribution in [1.82, 2.24) is 0 Å². The van der Waals surface area contributed by atoms with E-state index in [1.165, 1.54) is 33.6 Å². The molecule has 0 heterocycles. The number of benzene rings is 2. The van der Waals surface area contributed by atoms with Crippen molar-refractivity contribution >= 4 is 34.2 Å². The Bertz CT molecular complexity index is 756. The fourth-order valence-corrected chi connectivity index (χ4v) is 3.89. The number of nitrogens with zero attached hydrogens (tertiary/aromatic N) is 1. The minimum Gasteiger partial charge on any atom is -0.283 e. The van der Waals surface area contributed by atoms with Gasteiger partial charge in [-0.3, -0.25) is 3.11 Å². The van der Waals surface area contributed by atoms with Crippen LogP contribution >= 0.6 is 22.9 Å². The maximum absolute atomic E-state index is 2.49. The molecule has 30 heavy (non-hydrogen) atoms. The van der Waals surface area contributed by atoms with Crippen LogP contribution in [-0.4, -0.2) is 0 Å². The molecule has 0 fully saturated rings. The van der Waals surface area contributed by atoms with Crippen LogP contribution in [0.2, 0.25) is 0 Å². The molecule has 0 radical (unpaired) electrons. The summed E-state index contributed by atoms with van der Waals surface area (Å²) in [6.45, 7) is 27.6. The minimum atomic E-state index is 0.108. The van der Waals surface area contributed by atoms with Gasteiger partial charge in [0.2, 0.25) is 0 Å². The van der Waals surface area contributed by atoms with Gasteiger partial charge in [-0.05, 0) is 68.2 Å². The van der Waals surface area contributed by atoms with E-state index in [0.717, 1.165) is 0 Å². The highest BCUT2D eigenvalue weighted by atomic mass is 127. The summed E-state index contributed by atoms with van der Waals surface area (Å²) >= 11 is 2.49. The van der Waals surface area contributed by atoms with Crippen molar-refractivity contribution in [1.29, 1.82) is 0 Å². The zero-order chi connectivity index (χ0) is 23.3. The third kappa shape index (κ3) is 6.02. The summed E-state index contributed by atoms with van der Waals surface area (Å²) in [6.07, 6.45) is 0. The average molecular weight is 520 g/mol. The van der Waals surface area contributed by atoms with Crippen molar-refractivity contribution in [3.05, 3.63) is 58.7 Å². The second-order valence-electron chi connectivity index (χ2n) is 12.8. The summed E-state index contributed by atoms with van der Waals surface area (Å²) in [5, 5.41) is 0. The maximum Gasteiger partial charge on any atom is 0.0646 e. The van der Waals surface area contributed by atoms with Gasteiger partial charge in [-0.1, -0.05) is 95.2 Å². The molecule has 0 bridgehead atoms. The van der Waals surface area contributed by atoms with Gasteiger partial charge in [0.05, 0.1) is 34.2 Å². The lowest BCUT2D eigenvalue weighted by molar-refractivity contribution is 0.568. The van der Waals surface area contributed by atoms with Crippen LogP contribution in [0.1, 0.15) is 105 Å². The topological polar surface area (TPSA) is 3.24 Å². The van der Waals surface area contributed by atoms with Gasteiger partial charge >= 0.3 is 0 Å². The van der Waals surface area contributed by atoms with Crippen molar-refractivity contribution < 1.29 is 0 Å². The van der Waals surface area contributed by atoms with Crippen LogP contribution in [0.3, 0.4) is 0 Å². The second-order valence-corrected chi connectivity index (χ2v) is 13.8. The number of hydrogen-bond acceptors (Lipinski definition) is 1. The standard InChI is InChI=1S/C28H42IN/c1-25(2,3)19-13-20(26(4,5)6)16-23(15-19)30(29)24-17-21(27(7,8)9)14-22(18-24)28(10,11)12/h13-18H,1-12H3. The Hall–Kier alpha value is -1.03. The van der Waals surface area contributed by atoms with Crippen LogP contribution in [0.5, 0.6) is 0 Å². The Morgan fingerprint density at radius 2 is 0.633 bits per heavy atom. The quantitative estimate of drug-likeness (QED) is 0.282. The summed E-state index contributed by atoms with van der Waals surface area (Å²) in [4.78, 5) is 0. The van der Waals surface area contributed by atoms with Gasteiger partial charge < -0.3 is 0 Å². The largest absolute Gasteiger partial charge is 0.283 e. The van der Waals surface area contributed by atoms with Crippen LogP contribution in [0.15, 0.2) is 36.4 Å². The molecule has 166 valence electrons. The van der Waals surface area contributed by atoms with Crippen molar-refractivity contribution in [2.24, 2.45) is 0 Å². The molecule has 1 nitrogen and oxygen atoms in total. The number of halogens is 1.